The molecule has 1 heterocycles. The minimum Gasteiger partial charge on any atom is -0.412 e. The Morgan fingerprint density at radius 3 is 1.12 bits per heavy atom. The van der Waals surface area contributed by atoms with Crippen LogP contribution in [0, 0.1) is 0 Å². The predicted molar refractivity (Wildman–Crippen MR) is 32.5 cm³/mol. The second-order valence-electron chi connectivity index (χ2n) is 1.22. The molecule has 0 atom stereocenters. The maximum Gasteiger partial charge on any atom is 0.0701 e. The van der Waals surface area contributed by atoms with E-state index >= 15 is 0 Å². The molecular formula is C4H11ClO3. The van der Waals surface area contributed by atoms with Gasteiger partial charge in [0.15, 0.2) is 0 Å². The lowest BCUT2D eigenvalue weighted by atomic mass is 10.6. The first-order chi connectivity index (χ1) is 3.00. The Hall–Kier alpha value is 0.170. The van der Waals surface area contributed by atoms with Gasteiger partial charge in [0.2, 0.25) is 0 Å². The van der Waals surface area contributed by atoms with E-state index in [1.807, 2.05) is 0 Å². The highest BCUT2D eigenvalue weighted by molar-refractivity contribution is 5.85. The zero-order valence-corrected chi connectivity index (χ0v) is 5.37. The van der Waals surface area contributed by atoms with Crippen LogP contribution in [0.25, 0.3) is 0 Å². The summed E-state index contributed by atoms with van der Waals surface area (Å²) in [5.41, 5.74) is 0. The average molecular weight is 143 g/mol. The fourth-order valence-corrected chi connectivity index (χ4v) is 0.440. The van der Waals surface area contributed by atoms with E-state index in [4.69, 9.17) is 9.47 Å². The summed E-state index contributed by atoms with van der Waals surface area (Å²) in [6, 6.07) is 0. The molecule has 0 amide bonds. The molecule has 0 saturated carbocycles. The normalized spacial score (nSPS) is 18.0. The molecule has 0 aromatic rings. The summed E-state index contributed by atoms with van der Waals surface area (Å²) >= 11 is 0. The molecule has 0 aromatic heterocycles. The van der Waals surface area contributed by atoms with E-state index in [2.05, 4.69) is 0 Å². The molecule has 0 spiro atoms. The maximum atomic E-state index is 4.94. The summed E-state index contributed by atoms with van der Waals surface area (Å²) < 4.78 is 9.89. The molecule has 1 rings (SSSR count). The molecule has 1 fully saturated rings. The fraction of sp³-hybridized carbons (Fsp3) is 1.00. The molecule has 3 nitrogen and oxygen atoms in total. The second-order valence-corrected chi connectivity index (χ2v) is 1.22. The van der Waals surface area contributed by atoms with E-state index in [-0.39, 0.29) is 17.9 Å². The minimum atomic E-state index is 0. The quantitative estimate of drug-likeness (QED) is 0.464. The van der Waals surface area contributed by atoms with Crippen LogP contribution in [0.4, 0.5) is 0 Å². The lowest BCUT2D eigenvalue weighted by Crippen LogP contribution is -2.16. The van der Waals surface area contributed by atoms with Crippen LogP contribution < -0.4 is 0 Å². The van der Waals surface area contributed by atoms with E-state index in [1.165, 1.54) is 0 Å². The van der Waals surface area contributed by atoms with Crippen molar-refractivity contribution in [3.05, 3.63) is 0 Å². The Kier molecular flexibility index (Phi) is 9.89. The van der Waals surface area contributed by atoms with Gasteiger partial charge in [0, 0.05) is 0 Å². The molecule has 1 aliphatic rings. The van der Waals surface area contributed by atoms with Crippen LogP contribution in [0.5, 0.6) is 0 Å². The summed E-state index contributed by atoms with van der Waals surface area (Å²) in [5.74, 6) is 0. The molecule has 0 radical (unpaired) electrons. The molecule has 0 unspecified atom stereocenters. The van der Waals surface area contributed by atoms with Crippen LogP contribution in [-0.4, -0.2) is 31.9 Å². The summed E-state index contributed by atoms with van der Waals surface area (Å²) in [5, 5.41) is 0. The van der Waals surface area contributed by atoms with Gasteiger partial charge >= 0.3 is 0 Å². The highest BCUT2D eigenvalue weighted by atomic mass is 35.5. The smallest absolute Gasteiger partial charge is 0.0701 e. The van der Waals surface area contributed by atoms with Gasteiger partial charge < -0.3 is 14.9 Å². The van der Waals surface area contributed by atoms with Crippen molar-refractivity contribution in [2.75, 3.05) is 26.4 Å². The van der Waals surface area contributed by atoms with Gasteiger partial charge in [-0.2, -0.15) is 0 Å². The third-order valence-corrected chi connectivity index (χ3v) is 0.744. The Morgan fingerprint density at radius 1 is 0.750 bits per heavy atom. The van der Waals surface area contributed by atoms with Crippen LogP contribution in [0.3, 0.4) is 0 Å². The molecule has 8 heavy (non-hydrogen) atoms. The van der Waals surface area contributed by atoms with E-state index in [0.717, 1.165) is 26.4 Å². The van der Waals surface area contributed by atoms with Crippen LogP contribution in [0.1, 0.15) is 0 Å². The number of hydrogen-bond donors (Lipinski definition) is 0. The van der Waals surface area contributed by atoms with Crippen molar-refractivity contribution < 1.29 is 14.9 Å². The second kappa shape index (κ2) is 7.17. The van der Waals surface area contributed by atoms with Gasteiger partial charge in [0.1, 0.15) is 0 Å². The predicted octanol–water partition coefficient (Wildman–Crippen LogP) is -0.370. The molecule has 1 saturated heterocycles. The van der Waals surface area contributed by atoms with Crippen molar-refractivity contribution in [3.63, 3.8) is 0 Å². The first kappa shape index (κ1) is 11.0. The third-order valence-electron chi connectivity index (χ3n) is 0.744. The highest BCUT2D eigenvalue weighted by Crippen LogP contribution is 1.85. The largest absolute Gasteiger partial charge is 0.412 e. The average Bonchev–Trinajstić information content (AvgIpc) is 1.72. The standard InChI is InChI=1S/C4H8O2.ClH.H2O/c1-2-6-4-3-5-1;;/h1-4H2;1H;1H2. The molecule has 0 bridgehead atoms. The molecule has 52 valence electrons. The van der Waals surface area contributed by atoms with Gasteiger partial charge in [-0.1, -0.05) is 0 Å². The Labute approximate surface area is 54.7 Å². The highest BCUT2D eigenvalue weighted by Gasteiger charge is 1.94. The first-order valence-electron chi connectivity index (χ1n) is 2.15. The lowest BCUT2D eigenvalue weighted by molar-refractivity contribution is -0.0334. The van der Waals surface area contributed by atoms with Crippen molar-refractivity contribution in [3.8, 4) is 0 Å². The summed E-state index contributed by atoms with van der Waals surface area (Å²) in [7, 11) is 0. The van der Waals surface area contributed by atoms with Crippen molar-refractivity contribution in [2.45, 2.75) is 0 Å². The van der Waals surface area contributed by atoms with Gasteiger partial charge in [0.25, 0.3) is 0 Å². The van der Waals surface area contributed by atoms with Crippen LogP contribution in [0.15, 0.2) is 0 Å². The molecule has 4 heteroatoms. The van der Waals surface area contributed by atoms with E-state index in [0.29, 0.717) is 0 Å². The zero-order valence-electron chi connectivity index (χ0n) is 4.55. The van der Waals surface area contributed by atoms with Crippen LogP contribution >= 0.6 is 12.4 Å². The van der Waals surface area contributed by atoms with Crippen molar-refractivity contribution in [2.24, 2.45) is 0 Å². The van der Waals surface area contributed by atoms with Gasteiger partial charge in [-0.3, -0.25) is 0 Å². The molecule has 1 aliphatic heterocycles. The number of ether oxygens (including phenoxy) is 2. The van der Waals surface area contributed by atoms with Crippen molar-refractivity contribution in [1.82, 2.24) is 0 Å². The summed E-state index contributed by atoms with van der Waals surface area (Å²) in [6.07, 6.45) is 0. The monoisotopic (exact) mass is 142 g/mol. The molecule has 0 aliphatic carbocycles. The topological polar surface area (TPSA) is 50.0 Å². The molecular weight excluding hydrogens is 131 g/mol. The van der Waals surface area contributed by atoms with E-state index in [9.17, 15) is 0 Å². The first-order valence-corrected chi connectivity index (χ1v) is 2.15. The lowest BCUT2D eigenvalue weighted by Gasteiger charge is -2.09. The number of halogens is 1. The van der Waals surface area contributed by atoms with Gasteiger partial charge in [-0.05, 0) is 0 Å². The maximum absolute atomic E-state index is 4.94. The van der Waals surface area contributed by atoms with Crippen LogP contribution in [0.2, 0.25) is 0 Å². The minimum absolute atomic E-state index is 0. The van der Waals surface area contributed by atoms with Crippen molar-refractivity contribution in [1.29, 1.82) is 0 Å². The van der Waals surface area contributed by atoms with Gasteiger partial charge in [-0.25, -0.2) is 0 Å². The molecule has 0 aromatic carbocycles. The van der Waals surface area contributed by atoms with E-state index in [1.54, 1.807) is 0 Å². The van der Waals surface area contributed by atoms with Gasteiger partial charge in [0.05, 0.1) is 26.4 Å². The molecule has 2 N–H and O–H groups in total. The number of hydrogen-bond acceptors (Lipinski definition) is 2. The SMILES string of the molecule is C1COCCO1.Cl.O. The van der Waals surface area contributed by atoms with Crippen LogP contribution in [-0.2, 0) is 9.47 Å². The van der Waals surface area contributed by atoms with Gasteiger partial charge in [-0.15, -0.1) is 12.4 Å². The third kappa shape index (κ3) is 4.33. The fourth-order valence-electron chi connectivity index (χ4n) is 0.440. The summed E-state index contributed by atoms with van der Waals surface area (Å²) in [4.78, 5) is 0. The summed E-state index contributed by atoms with van der Waals surface area (Å²) in [6.45, 7) is 3.11. The van der Waals surface area contributed by atoms with Crippen molar-refractivity contribution >= 4 is 12.4 Å². The number of rotatable bonds is 0. The zero-order chi connectivity index (χ0) is 4.24. The Bertz CT molecular complexity index is 26.8. The van der Waals surface area contributed by atoms with E-state index < -0.39 is 0 Å². The Balaban J connectivity index is 0. The Morgan fingerprint density at radius 2 is 1.00 bits per heavy atom.